The highest BCUT2D eigenvalue weighted by atomic mass is 16.5. The van der Waals surface area contributed by atoms with Crippen molar-refractivity contribution in [3.8, 4) is 22.6 Å². The number of methoxy groups -OCH3 is 2. The molecule has 0 radical (unpaired) electrons. The van der Waals surface area contributed by atoms with Gasteiger partial charge in [0.1, 0.15) is 5.58 Å². The van der Waals surface area contributed by atoms with Crippen molar-refractivity contribution in [2.24, 2.45) is 0 Å². The number of benzene rings is 2. The summed E-state index contributed by atoms with van der Waals surface area (Å²) in [5.74, 6) is 1.09. The Balaban J connectivity index is 2.30. The summed E-state index contributed by atoms with van der Waals surface area (Å²) in [6.07, 6.45) is 0. The van der Waals surface area contributed by atoms with Gasteiger partial charge in [0, 0.05) is 10.9 Å². The van der Waals surface area contributed by atoms with E-state index in [1.165, 1.54) is 0 Å². The Morgan fingerprint density at radius 3 is 2.48 bits per heavy atom. The molecule has 0 spiro atoms. The summed E-state index contributed by atoms with van der Waals surface area (Å²) >= 11 is 0. The molecule has 0 atom stereocenters. The third-order valence-electron chi connectivity index (χ3n) is 3.33. The fourth-order valence-corrected chi connectivity index (χ4v) is 2.35. The lowest BCUT2D eigenvalue weighted by Gasteiger charge is -2.12. The maximum Gasteiger partial charge on any atom is 0.344 e. The highest BCUT2D eigenvalue weighted by Gasteiger charge is 2.15. The highest BCUT2D eigenvalue weighted by Crippen LogP contribution is 2.37. The largest absolute Gasteiger partial charge is 0.493 e. The summed E-state index contributed by atoms with van der Waals surface area (Å²) < 4.78 is 16.0. The summed E-state index contributed by atoms with van der Waals surface area (Å²) in [5.41, 5.74) is 1.26. The minimum atomic E-state index is -0.403. The van der Waals surface area contributed by atoms with Gasteiger partial charge >= 0.3 is 5.63 Å². The van der Waals surface area contributed by atoms with Gasteiger partial charge < -0.3 is 13.9 Å². The van der Waals surface area contributed by atoms with Gasteiger partial charge in [-0.1, -0.05) is 30.3 Å². The van der Waals surface area contributed by atoms with Crippen LogP contribution in [0.1, 0.15) is 0 Å². The predicted octanol–water partition coefficient (Wildman–Crippen LogP) is 3.48. The maximum absolute atomic E-state index is 12.2. The molecule has 3 aromatic rings. The van der Waals surface area contributed by atoms with Crippen LogP contribution in [0.2, 0.25) is 0 Å². The molecule has 3 rings (SSSR count). The zero-order valence-corrected chi connectivity index (χ0v) is 11.8. The van der Waals surface area contributed by atoms with Gasteiger partial charge in [0.25, 0.3) is 0 Å². The molecule has 2 aromatic carbocycles. The van der Waals surface area contributed by atoms with E-state index in [1.54, 1.807) is 32.4 Å². The molecule has 1 aromatic heterocycles. The van der Waals surface area contributed by atoms with Crippen LogP contribution in [0.4, 0.5) is 0 Å². The van der Waals surface area contributed by atoms with Gasteiger partial charge in [-0.15, -0.1) is 0 Å². The van der Waals surface area contributed by atoms with Crippen LogP contribution in [0, 0.1) is 0 Å². The van der Waals surface area contributed by atoms with Gasteiger partial charge in [-0.05, 0) is 18.2 Å². The first-order valence-electron chi connectivity index (χ1n) is 6.49. The molecule has 4 nitrogen and oxygen atoms in total. The molecule has 0 unspecified atom stereocenters. The number of ether oxygens (including phenoxy) is 2. The van der Waals surface area contributed by atoms with E-state index < -0.39 is 5.63 Å². The quantitative estimate of drug-likeness (QED) is 0.690. The Morgan fingerprint density at radius 1 is 0.905 bits per heavy atom. The molecule has 0 fully saturated rings. The van der Waals surface area contributed by atoms with Crippen LogP contribution in [-0.4, -0.2) is 14.2 Å². The molecule has 0 saturated carbocycles. The number of hydrogen-bond donors (Lipinski definition) is 0. The first-order chi connectivity index (χ1) is 10.2. The Morgan fingerprint density at radius 2 is 1.71 bits per heavy atom. The molecular formula is C17H14O4. The number of fused-ring (bicyclic) bond motifs is 1. The van der Waals surface area contributed by atoms with Crippen molar-refractivity contribution in [3.63, 3.8) is 0 Å². The SMILES string of the molecule is COc1cccc(-c2cc3ccccc3oc2=O)c1OC. The van der Waals surface area contributed by atoms with E-state index in [1.807, 2.05) is 30.3 Å². The number of para-hydroxylation sites is 2. The molecule has 0 aliphatic heterocycles. The van der Waals surface area contributed by atoms with Gasteiger partial charge in [0.05, 0.1) is 19.8 Å². The minimum Gasteiger partial charge on any atom is -0.493 e. The van der Waals surface area contributed by atoms with Crippen molar-refractivity contribution in [1.29, 1.82) is 0 Å². The van der Waals surface area contributed by atoms with Crippen molar-refractivity contribution in [2.45, 2.75) is 0 Å². The van der Waals surface area contributed by atoms with Crippen molar-refractivity contribution in [2.75, 3.05) is 14.2 Å². The van der Waals surface area contributed by atoms with Crippen molar-refractivity contribution in [1.82, 2.24) is 0 Å². The van der Waals surface area contributed by atoms with Gasteiger partial charge in [0.2, 0.25) is 0 Å². The number of rotatable bonds is 3. The Hall–Kier alpha value is -2.75. The van der Waals surface area contributed by atoms with Crippen LogP contribution >= 0.6 is 0 Å². The van der Waals surface area contributed by atoms with Gasteiger partial charge in [-0.2, -0.15) is 0 Å². The van der Waals surface area contributed by atoms with E-state index >= 15 is 0 Å². The van der Waals surface area contributed by atoms with E-state index in [-0.39, 0.29) is 0 Å². The molecule has 0 saturated heterocycles. The Bertz CT molecular complexity index is 849. The lowest BCUT2D eigenvalue weighted by atomic mass is 10.0. The van der Waals surface area contributed by atoms with E-state index in [2.05, 4.69) is 0 Å². The van der Waals surface area contributed by atoms with E-state index in [0.29, 0.717) is 28.2 Å². The summed E-state index contributed by atoms with van der Waals surface area (Å²) in [5, 5.41) is 0.858. The molecule has 1 heterocycles. The average molecular weight is 282 g/mol. The second-order valence-corrected chi connectivity index (χ2v) is 4.53. The molecule has 4 heteroatoms. The zero-order chi connectivity index (χ0) is 14.8. The third kappa shape index (κ3) is 2.25. The summed E-state index contributed by atoms with van der Waals surface area (Å²) in [6.45, 7) is 0. The third-order valence-corrected chi connectivity index (χ3v) is 3.33. The van der Waals surface area contributed by atoms with Crippen molar-refractivity contribution >= 4 is 11.0 Å². The van der Waals surface area contributed by atoms with E-state index in [9.17, 15) is 4.79 Å². The highest BCUT2D eigenvalue weighted by molar-refractivity contribution is 5.83. The summed E-state index contributed by atoms with van der Waals surface area (Å²) in [4.78, 5) is 12.2. The molecule has 0 bridgehead atoms. The molecular weight excluding hydrogens is 268 g/mol. The van der Waals surface area contributed by atoms with Crippen LogP contribution in [0.5, 0.6) is 11.5 Å². The van der Waals surface area contributed by atoms with E-state index in [0.717, 1.165) is 5.39 Å². The van der Waals surface area contributed by atoms with Crippen LogP contribution in [0.3, 0.4) is 0 Å². The minimum absolute atomic E-state index is 0.403. The molecule has 0 amide bonds. The van der Waals surface area contributed by atoms with Gasteiger partial charge in [0.15, 0.2) is 11.5 Å². The summed E-state index contributed by atoms with van der Waals surface area (Å²) in [6, 6.07) is 14.6. The van der Waals surface area contributed by atoms with Crippen LogP contribution in [0.15, 0.2) is 57.7 Å². The standard InChI is InChI=1S/C17H14O4/c1-19-15-9-5-7-12(16(15)20-2)13-10-11-6-3-4-8-14(11)21-17(13)18/h3-10H,1-2H3. The summed E-state index contributed by atoms with van der Waals surface area (Å²) in [7, 11) is 3.11. The van der Waals surface area contributed by atoms with Crippen molar-refractivity contribution < 1.29 is 13.9 Å². The Labute approximate surface area is 121 Å². The lowest BCUT2D eigenvalue weighted by Crippen LogP contribution is -2.04. The molecule has 0 N–H and O–H groups in total. The molecule has 21 heavy (non-hydrogen) atoms. The Kier molecular flexibility index (Phi) is 3.36. The first kappa shape index (κ1) is 13.2. The van der Waals surface area contributed by atoms with Crippen LogP contribution in [-0.2, 0) is 0 Å². The second-order valence-electron chi connectivity index (χ2n) is 4.53. The molecule has 0 aliphatic rings. The zero-order valence-electron chi connectivity index (χ0n) is 11.8. The van der Waals surface area contributed by atoms with Crippen molar-refractivity contribution in [3.05, 3.63) is 59.0 Å². The first-order valence-corrected chi connectivity index (χ1v) is 6.49. The van der Waals surface area contributed by atoms with Crippen LogP contribution in [0.25, 0.3) is 22.1 Å². The maximum atomic E-state index is 12.2. The lowest BCUT2D eigenvalue weighted by molar-refractivity contribution is 0.356. The van der Waals surface area contributed by atoms with Crippen LogP contribution < -0.4 is 15.1 Å². The fourth-order valence-electron chi connectivity index (χ4n) is 2.35. The average Bonchev–Trinajstić information content (AvgIpc) is 2.53. The number of hydrogen-bond acceptors (Lipinski definition) is 4. The molecule has 0 aliphatic carbocycles. The second kappa shape index (κ2) is 5.32. The fraction of sp³-hybridized carbons (Fsp3) is 0.118. The van der Waals surface area contributed by atoms with Gasteiger partial charge in [-0.3, -0.25) is 0 Å². The smallest absolute Gasteiger partial charge is 0.344 e. The van der Waals surface area contributed by atoms with Gasteiger partial charge in [-0.25, -0.2) is 4.79 Å². The molecule has 106 valence electrons. The van der Waals surface area contributed by atoms with E-state index in [4.69, 9.17) is 13.9 Å². The normalized spacial score (nSPS) is 10.6. The predicted molar refractivity (Wildman–Crippen MR) is 81.0 cm³/mol. The monoisotopic (exact) mass is 282 g/mol. The topological polar surface area (TPSA) is 48.7 Å².